The van der Waals surface area contributed by atoms with Crippen molar-refractivity contribution in [1.82, 2.24) is 10.3 Å². The van der Waals surface area contributed by atoms with Crippen LogP contribution in [-0.2, 0) is 0 Å². The lowest BCUT2D eigenvalue weighted by atomic mass is 10.1. The summed E-state index contributed by atoms with van der Waals surface area (Å²) in [6.45, 7) is 1.97. The highest BCUT2D eigenvalue weighted by atomic mass is 35.5. The summed E-state index contributed by atoms with van der Waals surface area (Å²) in [7, 11) is 1.55. The van der Waals surface area contributed by atoms with E-state index in [1.807, 2.05) is 30.3 Å². The molecule has 0 bridgehead atoms. The number of benzene rings is 2. The highest BCUT2D eigenvalue weighted by molar-refractivity contribution is 6.06. The van der Waals surface area contributed by atoms with Crippen LogP contribution in [0.5, 0.6) is 11.5 Å². The van der Waals surface area contributed by atoms with E-state index in [0.29, 0.717) is 17.1 Å². The average Bonchev–Trinajstić information content (AvgIpc) is 2.74. The van der Waals surface area contributed by atoms with Crippen LogP contribution in [0.2, 0.25) is 0 Å². The highest BCUT2D eigenvalue weighted by Crippen LogP contribution is 2.25. The summed E-state index contributed by atoms with van der Waals surface area (Å²) in [5.74, 6) is 1.60. The number of anilines is 1. The van der Waals surface area contributed by atoms with Crippen LogP contribution in [-0.4, -0.2) is 37.2 Å². The molecule has 0 spiro atoms. The zero-order chi connectivity index (χ0) is 19.3. The molecule has 2 aromatic carbocycles. The van der Waals surface area contributed by atoms with Crippen LogP contribution in [0, 0.1) is 0 Å². The molecule has 6 nitrogen and oxygen atoms in total. The molecule has 1 aliphatic rings. The number of amides is 1. The number of carbonyl (C=O) groups excluding carboxylic acids is 1. The second-order valence-electron chi connectivity index (χ2n) is 6.80. The molecule has 3 aromatic rings. The third kappa shape index (κ3) is 4.96. The van der Waals surface area contributed by atoms with Crippen molar-refractivity contribution in [3.63, 3.8) is 0 Å². The van der Waals surface area contributed by atoms with E-state index >= 15 is 0 Å². The number of rotatable bonds is 5. The van der Waals surface area contributed by atoms with Gasteiger partial charge in [0.25, 0.3) is 5.91 Å². The number of fused-ring (bicyclic) bond motifs is 1. The number of hydrogen-bond acceptors (Lipinski definition) is 5. The van der Waals surface area contributed by atoms with Crippen molar-refractivity contribution in [3.05, 3.63) is 60.3 Å². The number of aromatic nitrogens is 1. The zero-order valence-corrected chi connectivity index (χ0v) is 17.0. The molecule has 0 aliphatic carbocycles. The quantitative estimate of drug-likeness (QED) is 0.660. The van der Waals surface area contributed by atoms with Crippen molar-refractivity contribution in [2.24, 2.45) is 0 Å². The predicted molar refractivity (Wildman–Crippen MR) is 116 cm³/mol. The fraction of sp³-hybridized carbons (Fsp3) is 0.273. The van der Waals surface area contributed by atoms with Crippen LogP contribution in [0.4, 0.5) is 5.82 Å². The van der Waals surface area contributed by atoms with Crippen LogP contribution in [0.25, 0.3) is 10.8 Å². The van der Waals surface area contributed by atoms with E-state index < -0.39 is 0 Å². The van der Waals surface area contributed by atoms with E-state index in [2.05, 4.69) is 15.6 Å². The van der Waals surface area contributed by atoms with E-state index in [9.17, 15) is 4.79 Å². The first kappa shape index (κ1) is 20.9. The summed E-state index contributed by atoms with van der Waals surface area (Å²) in [4.78, 5) is 16.9. The van der Waals surface area contributed by atoms with Gasteiger partial charge in [-0.05, 0) is 67.7 Å². The number of halogens is 1. The summed E-state index contributed by atoms with van der Waals surface area (Å²) < 4.78 is 11.4. The number of nitrogens with zero attached hydrogens (tertiary/aromatic N) is 1. The first-order valence-corrected chi connectivity index (χ1v) is 9.44. The van der Waals surface area contributed by atoms with Crippen LogP contribution in [0.1, 0.15) is 23.2 Å². The van der Waals surface area contributed by atoms with E-state index in [4.69, 9.17) is 9.47 Å². The lowest BCUT2D eigenvalue weighted by molar-refractivity contribution is 0.102. The molecule has 2 heterocycles. The third-order valence-corrected chi connectivity index (χ3v) is 4.88. The minimum absolute atomic E-state index is 0. The Hall–Kier alpha value is -2.83. The van der Waals surface area contributed by atoms with Crippen molar-refractivity contribution in [2.45, 2.75) is 18.9 Å². The van der Waals surface area contributed by atoms with Gasteiger partial charge in [0.05, 0.1) is 12.7 Å². The summed E-state index contributed by atoms with van der Waals surface area (Å²) in [5, 5.41) is 8.15. The summed E-state index contributed by atoms with van der Waals surface area (Å²) in [6, 6.07) is 14.9. The van der Waals surface area contributed by atoms with Crippen LogP contribution < -0.4 is 20.1 Å². The van der Waals surface area contributed by atoms with Crippen molar-refractivity contribution in [3.8, 4) is 11.5 Å². The smallest absolute Gasteiger partial charge is 0.260 e. The van der Waals surface area contributed by atoms with Gasteiger partial charge < -0.3 is 20.1 Å². The van der Waals surface area contributed by atoms with E-state index in [-0.39, 0.29) is 24.4 Å². The highest BCUT2D eigenvalue weighted by Gasteiger charge is 2.15. The van der Waals surface area contributed by atoms with Crippen molar-refractivity contribution >= 4 is 34.9 Å². The van der Waals surface area contributed by atoms with Gasteiger partial charge >= 0.3 is 0 Å². The lowest BCUT2D eigenvalue weighted by Crippen LogP contribution is -2.34. The monoisotopic (exact) mass is 413 g/mol. The normalized spacial score (nSPS) is 14.1. The number of para-hydroxylation sites is 1. The van der Waals surface area contributed by atoms with Crippen molar-refractivity contribution < 1.29 is 14.3 Å². The van der Waals surface area contributed by atoms with E-state index in [0.717, 1.165) is 42.5 Å². The van der Waals surface area contributed by atoms with Gasteiger partial charge in [0.1, 0.15) is 23.4 Å². The zero-order valence-electron chi connectivity index (χ0n) is 16.2. The molecule has 1 fully saturated rings. The molecule has 7 heteroatoms. The number of pyridine rings is 1. The Morgan fingerprint density at radius 3 is 2.69 bits per heavy atom. The largest absolute Gasteiger partial charge is 0.496 e. The number of hydrogen-bond donors (Lipinski definition) is 2. The summed E-state index contributed by atoms with van der Waals surface area (Å²) in [5.41, 5.74) is 0.467. The van der Waals surface area contributed by atoms with Crippen LogP contribution in [0.15, 0.2) is 54.7 Å². The van der Waals surface area contributed by atoms with Crippen molar-refractivity contribution in [2.75, 3.05) is 25.5 Å². The SMILES string of the molecule is COc1ccccc1C(=O)Nc1cc2cc(OC3CCNCC3)ccc2cn1.Cl. The summed E-state index contributed by atoms with van der Waals surface area (Å²) in [6.07, 6.45) is 4.01. The maximum atomic E-state index is 12.6. The van der Waals surface area contributed by atoms with Gasteiger partial charge in [-0.2, -0.15) is 0 Å². The molecule has 29 heavy (non-hydrogen) atoms. The number of nitrogens with one attached hydrogen (secondary N) is 2. The van der Waals surface area contributed by atoms with Gasteiger partial charge in [-0.3, -0.25) is 4.79 Å². The Bertz CT molecular complexity index is 990. The number of carbonyl (C=O) groups is 1. The summed E-state index contributed by atoms with van der Waals surface area (Å²) >= 11 is 0. The van der Waals surface area contributed by atoms with Gasteiger partial charge in [0.15, 0.2) is 0 Å². The van der Waals surface area contributed by atoms with Gasteiger partial charge in [-0.1, -0.05) is 12.1 Å². The van der Waals surface area contributed by atoms with Crippen LogP contribution in [0.3, 0.4) is 0 Å². The second kappa shape index (κ2) is 9.58. The molecule has 1 amide bonds. The molecule has 0 saturated carbocycles. The second-order valence-corrected chi connectivity index (χ2v) is 6.80. The van der Waals surface area contributed by atoms with E-state index in [1.165, 1.54) is 0 Å². The van der Waals surface area contributed by atoms with E-state index in [1.54, 1.807) is 31.5 Å². The maximum Gasteiger partial charge on any atom is 0.260 e. The molecule has 1 aromatic heterocycles. The molecular weight excluding hydrogens is 390 g/mol. The van der Waals surface area contributed by atoms with Gasteiger partial charge in [-0.15, -0.1) is 12.4 Å². The minimum atomic E-state index is -0.258. The molecule has 2 N–H and O–H groups in total. The Kier molecular flexibility index (Phi) is 6.90. The number of piperidine rings is 1. The first-order chi connectivity index (χ1) is 13.7. The predicted octanol–water partition coefficient (Wildman–Crippen LogP) is 4.05. The number of ether oxygens (including phenoxy) is 2. The Labute approximate surface area is 176 Å². The van der Waals surface area contributed by atoms with Gasteiger partial charge in [0.2, 0.25) is 0 Å². The fourth-order valence-electron chi connectivity index (χ4n) is 3.38. The van der Waals surface area contributed by atoms with Crippen LogP contribution >= 0.6 is 12.4 Å². The molecule has 0 atom stereocenters. The molecule has 0 unspecified atom stereocenters. The lowest BCUT2D eigenvalue weighted by Gasteiger charge is -2.24. The number of methoxy groups -OCH3 is 1. The van der Waals surface area contributed by atoms with Gasteiger partial charge in [0, 0.05) is 11.6 Å². The Morgan fingerprint density at radius 2 is 1.90 bits per heavy atom. The minimum Gasteiger partial charge on any atom is -0.496 e. The molecule has 0 radical (unpaired) electrons. The van der Waals surface area contributed by atoms with Crippen molar-refractivity contribution in [1.29, 1.82) is 0 Å². The molecule has 1 saturated heterocycles. The maximum absolute atomic E-state index is 12.6. The Morgan fingerprint density at radius 1 is 1.10 bits per heavy atom. The molecule has 1 aliphatic heterocycles. The molecule has 4 rings (SSSR count). The average molecular weight is 414 g/mol. The molecular formula is C22H24ClN3O3. The Balaban J connectivity index is 0.00000240. The van der Waals surface area contributed by atoms with Gasteiger partial charge in [-0.25, -0.2) is 4.98 Å². The first-order valence-electron chi connectivity index (χ1n) is 9.44. The molecule has 152 valence electrons. The standard InChI is InChI=1S/C22H23N3O3.ClH/c1-27-20-5-3-2-4-19(20)22(26)25-21-13-16-12-18(7-6-15(16)14-24-21)28-17-8-10-23-11-9-17;/h2-7,12-14,17,23H,8-11H2,1H3,(H,24,25,26);1H. The topological polar surface area (TPSA) is 72.5 Å². The fourth-order valence-corrected chi connectivity index (χ4v) is 3.38. The third-order valence-electron chi connectivity index (χ3n) is 4.88.